The molecule has 1 aromatic rings. The molecule has 0 N–H and O–H groups in total. The summed E-state index contributed by atoms with van der Waals surface area (Å²) in [6.07, 6.45) is 5.29. The minimum Gasteiger partial charge on any atom is -0.339 e. The summed E-state index contributed by atoms with van der Waals surface area (Å²) in [4.78, 5) is 14.2. The van der Waals surface area contributed by atoms with Crippen molar-refractivity contribution in [1.29, 1.82) is 0 Å². The normalized spacial score (nSPS) is 18.3. The molecule has 0 spiro atoms. The van der Waals surface area contributed by atoms with E-state index in [1.54, 1.807) is 0 Å². The van der Waals surface area contributed by atoms with Crippen molar-refractivity contribution in [3.8, 4) is 0 Å². The highest BCUT2D eigenvalue weighted by molar-refractivity contribution is 5.68. The van der Waals surface area contributed by atoms with Crippen molar-refractivity contribution in [3.05, 3.63) is 11.7 Å². The fraction of sp³-hybridized carbons (Fsp3) is 0.625. The zero-order valence-electron chi connectivity index (χ0n) is 6.69. The van der Waals surface area contributed by atoms with Gasteiger partial charge in [0.05, 0.1) is 0 Å². The molecule has 0 atom stereocenters. The first-order chi connectivity index (χ1) is 5.90. The van der Waals surface area contributed by atoms with Crippen LogP contribution in [0.3, 0.4) is 0 Å². The van der Waals surface area contributed by atoms with E-state index in [2.05, 4.69) is 10.1 Å². The third kappa shape index (κ3) is 1.24. The Labute approximate surface area is 70.0 Å². The third-order valence-corrected chi connectivity index (χ3v) is 2.27. The van der Waals surface area contributed by atoms with Crippen LogP contribution < -0.4 is 0 Å². The summed E-state index contributed by atoms with van der Waals surface area (Å²) in [6, 6.07) is 0. The molecule has 0 saturated heterocycles. The van der Waals surface area contributed by atoms with Crippen molar-refractivity contribution in [2.75, 3.05) is 0 Å². The van der Waals surface area contributed by atoms with Gasteiger partial charge >= 0.3 is 0 Å². The maximum atomic E-state index is 10.2. The molecule has 4 heteroatoms. The van der Waals surface area contributed by atoms with E-state index in [4.69, 9.17) is 4.52 Å². The summed E-state index contributed by atoms with van der Waals surface area (Å²) in [6.45, 7) is 0. The first-order valence-corrected chi connectivity index (χ1v) is 4.19. The van der Waals surface area contributed by atoms with Crippen molar-refractivity contribution < 1.29 is 9.32 Å². The Balaban J connectivity index is 2.16. The average molecular weight is 166 g/mol. The van der Waals surface area contributed by atoms with Crippen LogP contribution in [0.5, 0.6) is 0 Å². The zero-order valence-corrected chi connectivity index (χ0v) is 6.69. The molecule has 1 fully saturated rings. The van der Waals surface area contributed by atoms with Crippen LogP contribution in [-0.4, -0.2) is 16.4 Å². The molecule has 0 bridgehead atoms. The van der Waals surface area contributed by atoms with Crippen LogP contribution in [0.1, 0.15) is 48.1 Å². The van der Waals surface area contributed by atoms with Gasteiger partial charge in [0.2, 0.25) is 11.7 Å². The molecular weight excluding hydrogens is 156 g/mol. The summed E-state index contributed by atoms with van der Waals surface area (Å²) < 4.78 is 4.95. The quantitative estimate of drug-likeness (QED) is 0.625. The molecular formula is C8H10N2O2. The maximum Gasteiger partial charge on any atom is 0.235 e. The number of rotatable bonds is 2. The van der Waals surface area contributed by atoms with Crippen molar-refractivity contribution in [3.63, 3.8) is 0 Å². The Bertz CT molecular complexity index is 276. The van der Waals surface area contributed by atoms with Gasteiger partial charge in [-0.25, -0.2) is 0 Å². The average Bonchev–Trinajstić information content (AvgIpc) is 2.75. The monoisotopic (exact) mass is 166 g/mol. The van der Waals surface area contributed by atoms with Gasteiger partial charge in [-0.3, -0.25) is 4.79 Å². The lowest BCUT2D eigenvalue weighted by Crippen LogP contribution is -1.92. The number of carbonyl (C=O) groups is 1. The molecule has 0 amide bonds. The number of nitrogens with zero attached hydrogens (tertiary/aromatic N) is 2. The highest BCUT2D eigenvalue weighted by atomic mass is 16.5. The van der Waals surface area contributed by atoms with E-state index in [0.29, 0.717) is 18.1 Å². The van der Waals surface area contributed by atoms with Crippen molar-refractivity contribution in [1.82, 2.24) is 10.1 Å². The number of aldehydes is 1. The Hall–Kier alpha value is -1.19. The predicted molar refractivity (Wildman–Crippen MR) is 40.9 cm³/mol. The second-order valence-electron chi connectivity index (χ2n) is 3.09. The summed E-state index contributed by atoms with van der Waals surface area (Å²) in [5, 5.41) is 3.53. The van der Waals surface area contributed by atoms with Crippen LogP contribution in [0.15, 0.2) is 4.52 Å². The second kappa shape index (κ2) is 3.05. The molecule has 1 heterocycles. The van der Waals surface area contributed by atoms with Crippen LogP contribution in [0, 0.1) is 0 Å². The molecule has 0 aromatic carbocycles. The van der Waals surface area contributed by atoms with Gasteiger partial charge in [-0.05, 0) is 12.8 Å². The standard InChI is InChI=1S/C8H10N2O2/c11-5-7-9-8(12-10-7)6-3-1-2-4-6/h5-6H,1-4H2. The highest BCUT2D eigenvalue weighted by Crippen LogP contribution is 2.32. The Kier molecular flexibility index (Phi) is 1.89. The number of hydrogen-bond donors (Lipinski definition) is 0. The summed E-state index contributed by atoms with van der Waals surface area (Å²) in [7, 11) is 0. The maximum absolute atomic E-state index is 10.2. The lowest BCUT2D eigenvalue weighted by atomic mass is 10.1. The summed E-state index contributed by atoms with van der Waals surface area (Å²) in [5.41, 5.74) is 0. The number of aromatic nitrogens is 2. The van der Waals surface area contributed by atoms with Gasteiger partial charge in [0.1, 0.15) is 0 Å². The van der Waals surface area contributed by atoms with Crippen LogP contribution in [0.4, 0.5) is 0 Å². The van der Waals surface area contributed by atoms with E-state index in [1.165, 1.54) is 12.8 Å². The molecule has 0 unspecified atom stereocenters. The Morgan fingerprint density at radius 2 is 2.17 bits per heavy atom. The van der Waals surface area contributed by atoms with Crippen LogP contribution in [-0.2, 0) is 0 Å². The van der Waals surface area contributed by atoms with E-state index < -0.39 is 0 Å². The van der Waals surface area contributed by atoms with Crippen LogP contribution in [0.2, 0.25) is 0 Å². The minimum atomic E-state index is 0.164. The van der Waals surface area contributed by atoms with E-state index in [9.17, 15) is 4.79 Å². The van der Waals surface area contributed by atoms with E-state index in [-0.39, 0.29) is 5.82 Å². The first-order valence-electron chi connectivity index (χ1n) is 4.19. The van der Waals surface area contributed by atoms with Crippen LogP contribution in [0.25, 0.3) is 0 Å². The molecule has 0 radical (unpaired) electrons. The molecule has 1 aliphatic rings. The lowest BCUT2D eigenvalue weighted by Gasteiger charge is -1.98. The van der Waals surface area contributed by atoms with Gasteiger partial charge in [-0.2, -0.15) is 4.98 Å². The summed E-state index contributed by atoms with van der Waals surface area (Å²) in [5.74, 6) is 1.19. The lowest BCUT2D eigenvalue weighted by molar-refractivity contribution is 0.111. The second-order valence-corrected chi connectivity index (χ2v) is 3.09. The third-order valence-electron chi connectivity index (χ3n) is 2.27. The molecule has 2 rings (SSSR count). The van der Waals surface area contributed by atoms with Crippen molar-refractivity contribution in [2.45, 2.75) is 31.6 Å². The van der Waals surface area contributed by atoms with Gasteiger partial charge < -0.3 is 4.52 Å². The SMILES string of the molecule is O=Cc1noc(C2CCCC2)n1. The fourth-order valence-corrected chi connectivity index (χ4v) is 1.63. The smallest absolute Gasteiger partial charge is 0.235 e. The molecule has 1 saturated carbocycles. The van der Waals surface area contributed by atoms with Gasteiger partial charge in [0, 0.05) is 5.92 Å². The molecule has 1 aromatic heterocycles. The zero-order chi connectivity index (χ0) is 8.39. The molecule has 64 valence electrons. The molecule has 12 heavy (non-hydrogen) atoms. The number of hydrogen-bond acceptors (Lipinski definition) is 4. The molecule has 1 aliphatic carbocycles. The van der Waals surface area contributed by atoms with E-state index in [0.717, 1.165) is 12.8 Å². The van der Waals surface area contributed by atoms with E-state index in [1.807, 2.05) is 0 Å². The minimum absolute atomic E-state index is 0.164. The first kappa shape index (κ1) is 7.46. The van der Waals surface area contributed by atoms with Gasteiger partial charge in [0.15, 0.2) is 6.29 Å². The Morgan fingerprint density at radius 1 is 1.42 bits per heavy atom. The number of carbonyl (C=O) groups excluding carboxylic acids is 1. The van der Waals surface area contributed by atoms with Gasteiger partial charge in [0.25, 0.3) is 0 Å². The Morgan fingerprint density at radius 3 is 2.75 bits per heavy atom. The van der Waals surface area contributed by atoms with Gasteiger partial charge in [-0.15, -0.1) is 0 Å². The van der Waals surface area contributed by atoms with E-state index >= 15 is 0 Å². The topological polar surface area (TPSA) is 56.0 Å². The van der Waals surface area contributed by atoms with Crippen LogP contribution >= 0.6 is 0 Å². The largest absolute Gasteiger partial charge is 0.339 e. The summed E-state index contributed by atoms with van der Waals surface area (Å²) >= 11 is 0. The highest BCUT2D eigenvalue weighted by Gasteiger charge is 2.22. The molecule has 4 nitrogen and oxygen atoms in total. The fourth-order valence-electron chi connectivity index (χ4n) is 1.63. The molecule has 0 aliphatic heterocycles. The van der Waals surface area contributed by atoms with Crippen molar-refractivity contribution >= 4 is 6.29 Å². The van der Waals surface area contributed by atoms with Crippen molar-refractivity contribution in [2.24, 2.45) is 0 Å². The van der Waals surface area contributed by atoms with Gasteiger partial charge in [-0.1, -0.05) is 18.0 Å². The predicted octanol–water partition coefficient (Wildman–Crippen LogP) is 1.54.